The summed E-state index contributed by atoms with van der Waals surface area (Å²) in [5.41, 5.74) is 3.46. The topological polar surface area (TPSA) is 78.8 Å². The predicted octanol–water partition coefficient (Wildman–Crippen LogP) is 4.60. The molecule has 0 aromatic heterocycles. The van der Waals surface area contributed by atoms with Crippen molar-refractivity contribution < 1.29 is 14.7 Å². The standard InChI is InChI=1S/C18H20N2O3.C2H6/c1-3-5-6-9-14(8-4-2)13-19-20-17(21)15-10-7-11-16(12-15)18(22)23;1-2/h4,6-13H,2-3,5H2,1H3,(H,20,21)(H,22,23);1-2H3/b9-6-,14-8+,19-13+;. The largest absolute Gasteiger partial charge is 0.478 e. The van der Waals surface area contributed by atoms with E-state index in [1.54, 1.807) is 12.2 Å². The molecule has 0 aliphatic rings. The second kappa shape index (κ2) is 13.5. The lowest BCUT2D eigenvalue weighted by molar-refractivity contribution is 0.0697. The Labute approximate surface area is 149 Å². The summed E-state index contributed by atoms with van der Waals surface area (Å²) in [4.78, 5) is 22.8. The number of hydrazone groups is 1. The van der Waals surface area contributed by atoms with Crippen LogP contribution in [0.4, 0.5) is 0 Å². The van der Waals surface area contributed by atoms with Crippen LogP contribution in [0.25, 0.3) is 0 Å². The highest BCUT2D eigenvalue weighted by Crippen LogP contribution is 2.05. The molecule has 0 bridgehead atoms. The fourth-order valence-electron chi connectivity index (χ4n) is 1.69. The van der Waals surface area contributed by atoms with Crippen molar-refractivity contribution in [3.8, 4) is 0 Å². The Bertz CT molecular complexity index is 659. The molecule has 0 saturated heterocycles. The number of rotatable bonds is 8. The number of nitrogens with one attached hydrogen (secondary N) is 1. The molecule has 0 radical (unpaired) electrons. The third-order valence-electron chi connectivity index (χ3n) is 2.83. The third kappa shape index (κ3) is 9.05. The van der Waals surface area contributed by atoms with Crippen LogP contribution in [0.2, 0.25) is 0 Å². The Kier molecular flexibility index (Phi) is 11.9. The van der Waals surface area contributed by atoms with Gasteiger partial charge in [0.25, 0.3) is 5.91 Å². The second-order valence-electron chi connectivity index (χ2n) is 4.68. The maximum absolute atomic E-state index is 11.9. The minimum Gasteiger partial charge on any atom is -0.478 e. The number of hydrogen-bond acceptors (Lipinski definition) is 3. The first-order chi connectivity index (χ1) is 12.1. The van der Waals surface area contributed by atoms with Crippen molar-refractivity contribution in [2.24, 2.45) is 5.10 Å². The van der Waals surface area contributed by atoms with Gasteiger partial charge in [0.1, 0.15) is 0 Å². The number of carboxylic acid groups (broad SMARTS) is 1. The van der Waals surface area contributed by atoms with E-state index in [0.29, 0.717) is 0 Å². The predicted molar refractivity (Wildman–Crippen MR) is 103 cm³/mol. The van der Waals surface area contributed by atoms with E-state index < -0.39 is 11.9 Å². The molecule has 0 atom stereocenters. The van der Waals surface area contributed by atoms with Gasteiger partial charge in [-0.3, -0.25) is 4.79 Å². The molecule has 0 aliphatic carbocycles. The van der Waals surface area contributed by atoms with E-state index in [2.05, 4.69) is 24.0 Å². The van der Waals surface area contributed by atoms with Crippen molar-refractivity contribution in [1.29, 1.82) is 0 Å². The number of carboxylic acids is 1. The zero-order valence-electron chi connectivity index (χ0n) is 15.0. The first-order valence-corrected chi connectivity index (χ1v) is 8.24. The highest BCUT2D eigenvalue weighted by atomic mass is 16.4. The molecule has 5 nitrogen and oxygen atoms in total. The molecule has 25 heavy (non-hydrogen) atoms. The molecule has 2 N–H and O–H groups in total. The van der Waals surface area contributed by atoms with Crippen molar-refractivity contribution in [2.45, 2.75) is 33.6 Å². The third-order valence-corrected chi connectivity index (χ3v) is 2.83. The van der Waals surface area contributed by atoms with Gasteiger partial charge < -0.3 is 5.11 Å². The highest BCUT2D eigenvalue weighted by molar-refractivity contribution is 5.97. The summed E-state index contributed by atoms with van der Waals surface area (Å²) in [5, 5.41) is 12.8. The maximum atomic E-state index is 11.9. The lowest BCUT2D eigenvalue weighted by Crippen LogP contribution is -2.18. The van der Waals surface area contributed by atoms with Gasteiger partial charge in [0, 0.05) is 5.56 Å². The van der Waals surface area contributed by atoms with Crippen LogP contribution in [0.1, 0.15) is 54.3 Å². The van der Waals surface area contributed by atoms with E-state index >= 15 is 0 Å². The summed E-state index contributed by atoms with van der Waals surface area (Å²) in [7, 11) is 0. The Morgan fingerprint density at radius 3 is 2.56 bits per heavy atom. The molecule has 134 valence electrons. The fourth-order valence-corrected chi connectivity index (χ4v) is 1.69. The molecule has 1 aromatic carbocycles. The molecule has 5 heteroatoms. The normalized spacial score (nSPS) is 11.1. The van der Waals surface area contributed by atoms with Gasteiger partial charge in [-0.1, -0.05) is 64.1 Å². The van der Waals surface area contributed by atoms with Crippen LogP contribution in [0.5, 0.6) is 0 Å². The number of hydrogen-bond donors (Lipinski definition) is 2. The Balaban J connectivity index is 0.00000277. The summed E-state index contributed by atoms with van der Waals surface area (Å²) < 4.78 is 0. The molecule has 0 unspecified atom stereocenters. The van der Waals surface area contributed by atoms with Crippen LogP contribution in [0.3, 0.4) is 0 Å². The van der Waals surface area contributed by atoms with E-state index in [9.17, 15) is 9.59 Å². The number of aromatic carboxylic acids is 1. The summed E-state index contributed by atoms with van der Waals surface area (Å²) in [5.74, 6) is -1.56. The average Bonchev–Trinajstić information content (AvgIpc) is 2.63. The molecule has 1 amide bonds. The average molecular weight is 342 g/mol. The Hall–Kier alpha value is -2.95. The van der Waals surface area contributed by atoms with Crippen molar-refractivity contribution >= 4 is 18.1 Å². The van der Waals surface area contributed by atoms with Crippen LogP contribution in [-0.2, 0) is 0 Å². The van der Waals surface area contributed by atoms with Gasteiger partial charge >= 0.3 is 5.97 Å². The van der Waals surface area contributed by atoms with E-state index in [0.717, 1.165) is 18.4 Å². The molecule has 1 aromatic rings. The second-order valence-corrected chi connectivity index (χ2v) is 4.68. The Morgan fingerprint density at radius 2 is 1.96 bits per heavy atom. The van der Waals surface area contributed by atoms with Gasteiger partial charge in [0.2, 0.25) is 0 Å². The van der Waals surface area contributed by atoms with Crippen LogP contribution in [0.15, 0.2) is 65.8 Å². The van der Waals surface area contributed by atoms with Crippen molar-refractivity contribution in [3.63, 3.8) is 0 Å². The van der Waals surface area contributed by atoms with Crippen LogP contribution < -0.4 is 5.43 Å². The minimum absolute atomic E-state index is 0.0522. The van der Waals surface area contributed by atoms with Gasteiger partial charge in [-0.05, 0) is 30.2 Å². The fraction of sp³-hybridized carbons (Fsp3) is 0.250. The van der Waals surface area contributed by atoms with E-state index in [1.165, 1.54) is 30.5 Å². The number of nitrogens with zero attached hydrogens (tertiary/aromatic N) is 1. The van der Waals surface area contributed by atoms with Crippen molar-refractivity contribution in [1.82, 2.24) is 5.43 Å². The van der Waals surface area contributed by atoms with E-state index in [1.807, 2.05) is 26.0 Å². The minimum atomic E-state index is -1.08. The number of benzene rings is 1. The van der Waals surface area contributed by atoms with Gasteiger partial charge in [-0.25, -0.2) is 10.2 Å². The van der Waals surface area contributed by atoms with Crippen molar-refractivity contribution in [2.75, 3.05) is 0 Å². The summed E-state index contributed by atoms with van der Waals surface area (Å²) in [6.45, 7) is 9.71. The number of allylic oxidation sites excluding steroid dienone is 5. The van der Waals surface area contributed by atoms with Gasteiger partial charge in [0.05, 0.1) is 11.8 Å². The smallest absolute Gasteiger partial charge is 0.335 e. The van der Waals surface area contributed by atoms with E-state index in [-0.39, 0.29) is 11.1 Å². The molecule has 0 aliphatic heterocycles. The van der Waals surface area contributed by atoms with E-state index in [4.69, 9.17) is 5.11 Å². The molecule has 0 spiro atoms. The van der Waals surface area contributed by atoms with Crippen LogP contribution >= 0.6 is 0 Å². The lowest BCUT2D eigenvalue weighted by atomic mass is 10.1. The number of carbonyl (C=O) groups excluding carboxylic acids is 1. The van der Waals surface area contributed by atoms with Gasteiger partial charge in [-0.15, -0.1) is 0 Å². The summed E-state index contributed by atoms with van der Waals surface area (Å²) in [6, 6.07) is 5.76. The molecule has 0 heterocycles. The van der Waals surface area contributed by atoms with Crippen LogP contribution in [-0.4, -0.2) is 23.2 Å². The highest BCUT2D eigenvalue weighted by Gasteiger charge is 2.08. The first kappa shape index (κ1) is 22.1. The molecular weight excluding hydrogens is 316 g/mol. The lowest BCUT2D eigenvalue weighted by Gasteiger charge is -2.01. The summed E-state index contributed by atoms with van der Waals surface area (Å²) >= 11 is 0. The molecule has 0 fully saturated rings. The van der Waals surface area contributed by atoms with Gasteiger partial charge in [0.15, 0.2) is 0 Å². The van der Waals surface area contributed by atoms with Crippen molar-refractivity contribution in [3.05, 3.63) is 71.8 Å². The molecule has 1 rings (SSSR count). The van der Waals surface area contributed by atoms with Gasteiger partial charge in [-0.2, -0.15) is 5.10 Å². The summed E-state index contributed by atoms with van der Waals surface area (Å²) in [6.07, 6.45) is 10.8. The SMILES string of the molecule is C=C/C=C(\C=C/CCC)/C=N/NC(=O)c1cccc(C(=O)O)c1.CC. The quantitative estimate of drug-likeness (QED) is 0.412. The monoisotopic (exact) mass is 342 g/mol. The zero-order valence-corrected chi connectivity index (χ0v) is 15.0. The maximum Gasteiger partial charge on any atom is 0.335 e. The first-order valence-electron chi connectivity index (χ1n) is 8.24. The number of unbranched alkanes of at least 4 members (excludes halogenated alkanes) is 1. The molecular formula is C20H26N2O3. The molecule has 0 saturated carbocycles. The Morgan fingerprint density at radius 1 is 1.28 bits per heavy atom. The van der Waals surface area contributed by atoms with Crippen LogP contribution in [0, 0.1) is 0 Å². The number of amides is 1. The number of carbonyl (C=O) groups is 2. The zero-order chi connectivity index (χ0) is 19.1.